The molecule has 6 nitrogen and oxygen atoms in total. The number of aryl methyl sites for hydroxylation is 1. The number of hydrogen-bond acceptors (Lipinski definition) is 4. The molecule has 2 heterocycles. The highest BCUT2D eigenvalue weighted by Gasteiger charge is 2.20. The van der Waals surface area contributed by atoms with Gasteiger partial charge >= 0.3 is 0 Å². The maximum Gasteiger partial charge on any atom is 0.226 e. The van der Waals surface area contributed by atoms with Gasteiger partial charge in [-0.15, -0.1) is 0 Å². The topological polar surface area (TPSA) is 62.5 Å². The second kappa shape index (κ2) is 3.72. The Hall–Kier alpha value is -1.85. The summed E-state index contributed by atoms with van der Waals surface area (Å²) in [5.74, 6) is 1.42. The van der Waals surface area contributed by atoms with Gasteiger partial charge in [-0.05, 0) is 0 Å². The predicted octanol–water partition coefficient (Wildman–Crippen LogP) is 0.0501. The molecule has 15 heavy (non-hydrogen) atoms. The van der Waals surface area contributed by atoms with Gasteiger partial charge in [-0.2, -0.15) is 5.10 Å². The van der Waals surface area contributed by atoms with E-state index >= 15 is 0 Å². The van der Waals surface area contributed by atoms with E-state index in [2.05, 4.69) is 15.4 Å². The average molecular weight is 207 g/mol. The number of nitrogens with one attached hydrogen (secondary N) is 1. The Labute approximate surface area is 87.6 Å². The van der Waals surface area contributed by atoms with Gasteiger partial charge in [0.15, 0.2) is 0 Å². The van der Waals surface area contributed by atoms with Gasteiger partial charge < -0.3 is 5.32 Å². The summed E-state index contributed by atoms with van der Waals surface area (Å²) in [4.78, 5) is 17.1. The lowest BCUT2D eigenvalue weighted by atomic mass is 10.5. The SMILES string of the molecule is CC(=O)N1CCN=C1Nc1ccnn1C. The number of guanidine groups is 1. The smallest absolute Gasteiger partial charge is 0.226 e. The second-order valence-electron chi connectivity index (χ2n) is 3.34. The molecule has 0 fully saturated rings. The van der Waals surface area contributed by atoms with E-state index in [1.807, 2.05) is 13.1 Å². The number of rotatable bonds is 1. The van der Waals surface area contributed by atoms with Crippen LogP contribution in [0.15, 0.2) is 17.3 Å². The van der Waals surface area contributed by atoms with Crippen LogP contribution in [-0.4, -0.2) is 39.6 Å². The fraction of sp³-hybridized carbons (Fsp3) is 0.444. The first-order chi connectivity index (χ1) is 7.18. The van der Waals surface area contributed by atoms with Crippen LogP contribution in [0.5, 0.6) is 0 Å². The number of aromatic nitrogens is 2. The minimum Gasteiger partial charge on any atom is -0.311 e. The zero-order valence-corrected chi connectivity index (χ0v) is 8.77. The molecule has 0 saturated carbocycles. The molecule has 1 aromatic heterocycles. The van der Waals surface area contributed by atoms with E-state index in [-0.39, 0.29) is 5.91 Å². The molecular weight excluding hydrogens is 194 g/mol. The Morgan fingerprint density at radius 1 is 1.60 bits per heavy atom. The van der Waals surface area contributed by atoms with E-state index in [1.54, 1.807) is 15.8 Å². The fourth-order valence-corrected chi connectivity index (χ4v) is 1.47. The van der Waals surface area contributed by atoms with Gasteiger partial charge in [-0.25, -0.2) is 0 Å². The third-order valence-electron chi connectivity index (χ3n) is 2.28. The molecule has 1 N–H and O–H groups in total. The zero-order valence-electron chi connectivity index (χ0n) is 8.77. The number of hydrogen-bond donors (Lipinski definition) is 1. The lowest BCUT2D eigenvalue weighted by Crippen LogP contribution is -2.37. The van der Waals surface area contributed by atoms with Crippen molar-refractivity contribution < 1.29 is 4.79 Å². The number of carbonyl (C=O) groups excluding carboxylic acids is 1. The first kappa shape index (κ1) is 9.70. The van der Waals surface area contributed by atoms with Crippen molar-refractivity contribution in [3.05, 3.63) is 12.3 Å². The first-order valence-corrected chi connectivity index (χ1v) is 4.76. The molecule has 1 amide bonds. The van der Waals surface area contributed by atoms with Crippen molar-refractivity contribution in [2.45, 2.75) is 6.92 Å². The maximum atomic E-state index is 11.3. The van der Waals surface area contributed by atoms with Crippen molar-refractivity contribution >= 4 is 17.7 Å². The van der Waals surface area contributed by atoms with Crippen molar-refractivity contribution in [2.75, 3.05) is 18.4 Å². The van der Waals surface area contributed by atoms with Gasteiger partial charge in [0.1, 0.15) is 5.82 Å². The van der Waals surface area contributed by atoms with Gasteiger partial charge in [0.25, 0.3) is 0 Å². The summed E-state index contributed by atoms with van der Waals surface area (Å²) < 4.78 is 1.69. The maximum absolute atomic E-state index is 11.3. The third-order valence-corrected chi connectivity index (χ3v) is 2.28. The molecule has 2 rings (SSSR count). The molecule has 1 aliphatic rings. The van der Waals surface area contributed by atoms with Gasteiger partial charge in [-0.3, -0.25) is 19.4 Å². The molecule has 80 valence electrons. The van der Waals surface area contributed by atoms with Crippen molar-refractivity contribution in [3.8, 4) is 0 Å². The monoisotopic (exact) mass is 207 g/mol. The molecule has 0 atom stereocenters. The molecule has 6 heteroatoms. The van der Waals surface area contributed by atoms with E-state index < -0.39 is 0 Å². The van der Waals surface area contributed by atoms with Crippen LogP contribution >= 0.6 is 0 Å². The van der Waals surface area contributed by atoms with Crippen LogP contribution in [0.2, 0.25) is 0 Å². The summed E-state index contributed by atoms with van der Waals surface area (Å²) in [6, 6.07) is 1.83. The molecule has 0 aliphatic carbocycles. The van der Waals surface area contributed by atoms with Crippen molar-refractivity contribution in [2.24, 2.45) is 12.0 Å². The molecule has 0 bridgehead atoms. The summed E-state index contributed by atoms with van der Waals surface area (Å²) in [6.45, 7) is 2.83. The van der Waals surface area contributed by atoms with Crippen molar-refractivity contribution in [1.29, 1.82) is 0 Å². The summed E-state index contributed by atoms with van der Waals surface area (Å²) in [7, 11) is 1.83. The molecule has 0 radical (unpaired) electrons. The van der Waals surface area contributed by atoms with Crippen LogP contribution in [0.1, 0.15) is 6.92 Å². The second-order valence-corrected chi connectivity index (χ2v) is 3.34. The number of anilines is 1. The first-order valence-electron chi connectivity index (χ1n) is 4.76. The lowest BCUT2D eigenvalue weighted by molar-refractivity contribution is -0.124. The largest absolute Gasteiger partial charge is 0.311 e. The quantitative estimate of drug-likeness (QED) is 0.707. The molecule has 1 aliphatic heterocycles. The van der Waals surface area contributed by atoms with Crippen LogP contribution in [0.4, 0.5) is 5.82 Å². The molecule has 0 aromatic carbocycles. The van der Waals surface area contributed by atoms with Gasteiger partial charge in [0, 0.05) is 26.6 Å². The van der Waals surface area contributed by atoms with E-state index in [4.69, 9.17) is 0 Å². The van der Waals surface area contributed by atoms with Gasteiger partial charge in [0.05, 0.1) is 12.7 Å². The Morgan fingerprint density at radius 3 is 3.00 bits per heavy atom. The fourth-order valence-electron chi connectivity index (χ4n) is 1.47. The van der Waals surface area contributed by atoms with Gasteiger partial charge in [-0.1, -0.05) is 0 Å². The number of carbonyl (C=O) groups is 1. The summed E-state index contributed by atoms with van der Waals surface area (Å²) in [5.41, 5.74) is 0. The highest BCUT2D eigenvalue weighted by atomic mass is 16.2. The minimum absolute atomic E-state index is 0.000850. The van der Waals surface area contributed by atoms with Crippen LogP contribution in [0, 0.1) is 0 Å². The number of aliphatic imine (C=N–C) groups is 1. The normalized spacial score (nSPS) is 15.3. The predicted molar refractivity (Wildman–Crippen MR) is 56.5 cm³/mol. The van der Waals surface area contributed by atoms with Gasteiger partial charge in [0.2, 0.25) is 11.9 Å². The molecule has 0 unspecified atom stereocenters. The summed E-state index contributed by atoms with van der Waals surface area (Å²) in [5, 5.41) is 7.10. The van der Waals surface area contributed by atoms with E-state index in [1.165, 1.54) is 6.92 Å². The van der Waals surface area contributed by atoms with Crippen molar-refractivity contribution in [1.82, 2.24) is 14.7 Å². The Bertz CT molecular complexity index is 408. The third kappa shape index (κ3) is 1.83. The molecule has 0 spiro atoms. The van der Waals surface area contributed by atoms with E-state index in [0.29, 0.717) is 19.0 Å². The van der Waals surface area contributed by atoms with Crippen LogP contribution in [-0.2, 0) is 11.8 Å². The highest BCUT2D eigenvalue weighted by Crippen LogP contribution is 2.08. The molecular formula is C9H13N5O. The zero-order chi connectivity index (χ0) is 10.8. The Morgan fingerprint density at radius 2 is 2.40 bits per heavy atom. The summed E-state index contributed by atoms with van der Waals surface area (Å²) >= 11 is 0. The lowest BCUT2D eigenvalue weighted by Gasteiger charge is -2.16. The molecule has 0 saturated heterocycles. The Balaban J connectivity index is 2.12. The molecule has 1 aromatic rings. The van der Waals surface area contributed by atoms with Crippen molar-refractivity contribution in [3.63, 3.8) is 0 Å². The average Bonchev–Trinajstić information content (AvgIpc) is 2.77. The Kier molecular flexibility index (Phi) is 2.40. The number of nitrogens with zero attached hydrogens (tertiary/aromatic N) is 4. The number of amides is 1. The van der Waals surface area contributed by atoms with E-state index in [0.717, 1.165) is 5.82 Å². The van der Waals surface area contributed by atoms with Crippen LogP contribution < -0.4 is 5.32 Å². The van der Waals surface area contributed by atoms with E-state index in [9.17, 15) is 4.79 Å². The van der Waals surface area contributed by atoms with Crippen LogP contribution in [0.3, 0.4) is 0 Å². The summed E-state index contributed by atoms with van der Waals surface area (Å²) in [6.07, 6.45) is 1.69. The highest BCUT2D eigenvalue weighted by molar-refractivity contribution is 6.04. The minimum atomic E-state index is 0.000850. The van der Waals surface area contributed by atoms with Crippen LogP contribution in [0.25, 0.3) is 0 Å². The standard InChI is InChI=1S/C9H13N5O/c1-7(15)14-6-5-10-9(14)12-8-3-4-11-13(8)2/h3-4H,5-6H2,1-2H3,(H,10,12).